The number of piperidine rings is 1. The summed E-state index contributed by atoms with van der Waals surface area (Å²) in [7, 11) is 1.36. The first kappa shape index (κ1) is 14.4. The molecule has 1 atom stereocenters. The minimum Gasteiger partial charge on any atom is -0.467 e. The number of methoxy groups -OCH3 is 1. The predicted molar refractivity (Wildman–Crippen MR) is 75.9 cm³/mol. The number of amides is 1. The molecule has 1 saturated heterocycles. The maximum atomic E-state index is 12.4. The van der Waals surface area contributed by atoms with Crippen LogP contribution < -0.4 is 5.73 Å². The molecular weight excluding hydrogens is 256 g/mol. The minimum absolute atomic E-state index is 0.0713. The smallest absolute Gasteiger partial charge is 0.328 e. The first-order valence-corrected chi connectivity index (χ1v) is 6.84. The highest BCUT2D eigenvalue weighted by Crippen LogP contribution is 2.20. The number of nitrogens with two attached hydrogens (primary N) is 1. The van der Waals surface area contributed by atoms with Gasteiger partial charge in [0.1, 0.15) is 6.04 Å². The van der Waals surface area contributed by atoms with Crippen LogP contribution in [0.15, 0.2) is 24.3 Å². The molecule has 2 N–H and O–H groups in total. The highest BCUT2D eigenvalue weighted by atomic mass is 16.5. The van der Waals surface area contributed by atoms with Crippen LogP contribution >= 0.6 is 0 Å². The lowest BCUT2D eigenvalue weighted by Crippen LogP contribution is -2.49. The molecule has 0 aromatic heterocycles. The van der Waals surface area contributed by atoms with Crippen molar-refractivity contribution >= 4 is 17.6 Å². The molecule has 1 fully saturated rings. The van der Waals surface area contributed by atoms with Gasteiger partial charge in [-0.25, -0.2) is 4.79 Å². The summed E-state index contributed by atoms with van der Waals surface area (Å²) in [4.78, 5) is 25.8. The molecule has 0 aliphatic carbocycles. The number of nitrogen functional groups attached to an aromatic ring is 1. The van der Waals surface area contributed by atoms with Crippen LogP contribution in [-0.4, -0.2) is 36.5 Å². The van der Waals surface area contributed by atoms with Gasteiger partial charge < -0.3 is 15.4 Å². The summed E-state index contributed by atoms with van der Waals surface area (Å²) in [6, 6.07) is 6.85. The van der Waals surface area contributed by atoms with E-state index in [1.807, 2.05) is 18.2 Å². The fourth-order valence-corrected chi connectivity index (χ4v) is 2.57. The van der Waals surface area contributed by atoms with Crippen molar-refractivity contribution in [2.75, 3.05) is 19.4 Å². The summed E-state index contributed by atoms with van der Waals surface area (Å²) in [6.45, 7) is 0.603. The van der Waals surface area contributed by atoms with Gasteiger partial charge in [-0.3, -0.25) is 4.79 Å². The topological polar surface area (TPSA) is 72.6 Å². The fourth-order valence-electron chi connectivity index (χ4n) is 2.57. The summed E-state index contributed by atoms with van der Waals surface area (Å²) in [5.74, 6) is -0.405. The van der Waals surface area contributed by atoms with Gasteiger partial charge in [-0.1, -0.05) is 18.2 Å². The SMILES string of the molecule is COC(=O)C1CCCCN1C(=O)Cc1ccccc1N. The summed E-state index contributed by atoms with van der Waals surface area (Å²) in [6.07, 6.45) is 2.75. The number of rotatable bonds is 3. The number of ether oxygens (including phenoxy) is 1. The van der Waals surface area contributed by atoms with E-state index in [4.69, 9.17) is 10.5 Å². The van der Waals surface area contributed by atoms with Crippen LogP contribution in [0, 0.1) is 0 Å². The van der Waals surface area contributed by atoms with Crippen LogP contribution in [0.3, 0.4) is 0 Å². The van der Waals surface area contributed by atoms with Gasteiger partial charge in [-0.2, -0.15) is 0 Å². The fraction of sp³-hybridized carbons (Fsp3) is 0.467. The zero-order valence-corrected chi connectivity index (χ0v) is 11.7. The Hall–Kier alpha value is -2.04. The van der Waals surface area contributed by atoms with Gasteiger partial charge in [-0.15, -0.1) is 0 Å². The number of esters is 1. The van der Waals surface area contributed by atoms with Crippen LogP contribution in [-0.2, 0) is 20.7 Å². The maximum Gasteiger partial charge on any atom is 0.328 e. The van der Waals surface area contributed by atoms with Crippen LogP contribution in [0.2, 0.25) is 0 Å². The first-order valence-electron chi connectivity index (χ1n) is 6.84. The molecule has 1 aromatic rings. The van der Waals surface area contributed by atoms with E-state index in [0.29, 0.717) is 18.7 Å². The highest BCUT2D eigenvalue weighted by molar-refractivity contribution is 5.86. The van der Waals surface area contributed by atoms with Crippen molar-refractivity contribution in [2.45, 2.75) is 31.7 Å². The maximum absolute atomic E-state index is 12.4. The Morgan fingerprint density at radius 3 is 2.80 bits per heavy atom. The largest absolute Gasteiger partial charge is 0.467 e. The average Bonchev–Trinajstić information content (AvgIpc) is 2.48. The van der Waals surface area contributed by atoms with Crippen LogP contribution in [0.1, 0.15) is 24.8 Å². The Balaban J connectivity index is 2.10. The third-order valence-electron chi connectivity index (χ3n) is 3.69. The molecule has 1 aliphatic rings. The monoisotopic (exact) mass is 276 g/mol. The van der Waals surface area contributed by atoms with Crippen LogP contribution in [0.5, 0.6) is 0 Å². The third kappa shape index (κ3) is 3.10. The Kier molecular flexibility index (Phi) is 4.61. The number of benzene rings is 1. The third-order valence-corrected chi connectivity index (χ3v) is 3.69. The second-order valence-electron chi connectivity index (χ2n) is 5.00. The number of hydrogen-bond donors (Lipinski definition) is 1. The average molecular weight is 276 g/mol. The van der Waals surface area contributed by atoms with E-state index in [1.54, 1.807) is 11.0 Å². The predicted octanol–water partition coefficient (Wildman–Crippen LogP) is 1.37. The van der Waals surface area contributed by atoms with Crippen molar-refractivity contribution in [1.82, 2.24) is 4.90 Å². The van der Waals surface area contributed by atoms with Crippen molar-refractivity contribution in [3.05, 3.63) is 29.8 Å². The normalized spacial score (nSPS) is 18.6. The van der Waals surface area contributed by atoms with E-state index >= 15 is 0 Å². The molecule has 1 amide bonds. The quantitative estimate of drug-likeness (QED) is 0.668. The Labute approximate surface area is 118 Å². The summed E-state index contributed by atoms with van der Waals surface area (Å²) in [5.41, 5.74) is 7.26. The van der Waals surface area contributed by atoms with E-state index in [-0.39, 0.29) is 18.3 Å². The molecule has 0 bridgehead atoms. The highest BCUT2D eigenvalue weighted by Gasteiger charge is 2.32. The lowest BCUT2D eigenvalue weighted by molar-refractivity contribution is -0.154. The van der Waals surface area contributed by atoms with E-state index < -0.39 is 6.04 Å². The molecule has 0 radical (unpaired) electrons. The summed E-state index contributed by atoms with van der Waals surface area (Å²) in [5, 5.41) is 0. The van der Waals surface area contributed by atoms with Crippen LogP contribution in [0.25, 0.3) is 0 Å². The molecule has 5 nitrogen and oxygen atoms in total. The molecule has 1 unspecified atom stereocenters. The van der Waals surface area contributed by atoms with Gasteiger partial charge >= 0.3 is 5.97 Å². The van der Waals surface area contributed by atoms with Crippen molar-refractivity contribution in [2.24, 2.45) is 0 Å². The minimum atomic E-state index is -0.453. The van der Waals surface area contributed by atoms with E-state index in [2.05, 4.69) is 0 Å². The lowest BCUT2D eigenvalue weighted by atomic mass is 10.0. The first-order chi connectivity index (χ1) is 9.63. The zero-order chi connectivity index (χ0) is 14.5. The lowest BCUT2D eigenvalue weighted by Gasteiger charge is -2.34. The Morgan fingerprint density at radius 2 is 2.10 bits per heavy atom. The Morgan fingerprint density at radius 1 is 1.35 bits per heavy atom. The van der Waals surface area contributed by atoms with Crippen molar-refractivity contribution < 1.29 is 14.3 Å². The Bertz CT molecular complexity index is 502. The van der Waals surface area contributed by atoms with Crippen molar-refractivity contribution in [3.63, 3.8) is 0 Å². The van der Waals surface area contributed by atoms with E-state index in [1.165, 1.54) is 7.11 Å². The number of nitrogens with zero attached hydrogens (tertiary/aromatic N) is 1. The molecule has 108 valence electrons. The molecule has 1 heterocycles. The van der Waals surface area contributed by atoms with Gasteiger partial charge in [0.2, 0.25) is 5.91 Å². The molecule has 0 spiro atoms. The van der Waals surface area contributed by atoms with Gasteiger partial charge in [0.05, 0.1) is 13.5 Å². The molecule has 2 rings (SSSR count). The molecular formula is C15H20N2O3. The summed E-state index contributed by atoms with van der Waals surface area (Å²) >= 11 is 0. The van der Waals surface area contributed by atoms with Crippen LogP contribution in [0.4, 0.5) is 5.69 Å². The standard InChI is InChI=1S/C15H20N2O3/c1-20-15(19)13-8-4-5-9-17(13)14(18)10-11-6-2-3-7-12(11)16/h2-3,6-7,13H,4-5,8-10,16H2,1H3. The molecule has 20 heavy (non-hydrogen) atoms. The van der Waals surface area contributed by atoms with Crippen molar-refractivity contribution in [1.29, 1.82) is 0 Å². The number of carbonyl (C=O) groups is 2. The second-order valence-corrected chi connectivity index (χ2v) is 5.00. The number of anilines is 1. The number of likely N-dealkylation sites (tertiary alicyclic amines) is 1. The number of hydrogen-bond acceptors (Lipinski definition) is 4. The van der Waals surface area contributed by atoms with E-state index in [0.717, 1.165) is 18.4 Å². The zero-order valence-electron chi connectivity index (χ0n) is 11.7. The van der Waals surface area contributed by atoms with Crippen molar-refractivity contribution in [3.8, 4) is 0 Å². The van der Waals surface area contributed by atoms with Gasteiger partial charge in [-0.05, 0) is 30.9 Å². The van der Waals surface area contributed by atoms with E-state index in [9.17, 15) is 9.59 Å². The number of para-hydroxylation sites is 1. The number of carbonyl (C=O) groups excluding carboxylic acids is 2. The molecule has 1 aromatic carbocycles. The van der Waals surface area contributed by atoms with Gasteiger partial charge in [0.25, 0.3) is 0 Å². The molecule has 1 aliphatic heterocycles. The van der Waals surface area contributed by atoms with Gasteiger partial charge in [0, 0.05) is 12.2 Å². The molecule has 0 saturated carbocycles. The second kappa shape index (κ2) is 6.41. The summed E-state index contributed by atoms with van der Waals surface area (Å²) < 4.78 is 4.79. The molecule has 5 heteroatoms. The van der Waals surface area contributed by atoms with Gasteiger partial charge in [0.15, 0.2) is 0 Å².